The van der Waals surface area contributed by atoms with E-state index in [2.05, 4.69) is 10.2 Å². The van der Waals surface area contributed by atoms with Gasteiger partial charge in [-0.25, -0.2) is 13.2 Å². The Bertz CT molecular complexity index is 388. The largest absolute Gasteiger partial charge is 0.444 e. The average molecular weight is 218 g/mol. The molecule has 1 fully saturated rings. The molecule has 1 saturated heterocycles. The predicted octanol–water partition coefficient (Wildman–Crippen LogP) is -0.245. The summed E-state index contributed by atoms with van der Waals surface area (Å²) in [7, 11) is -3.35. The van der Waals surface area contributed by atoms with Gasteiger partial charge in [0, 0.05) is 0 Å². The monoisotopic (exact) mass is 218 g/mol. The van der Waals surface area contributed by atoms with E-state index in [-0.39, 0.29) is 12.3 Å². The van der Waals surface area contributed by atoms with Gasteiger partial charge in [0.2, 0.25) is 5.44 Å². The fourth-order valence-corrected chi connectivity index (χ4v) is 2.98. The van der Waals surface area contributed by atoms with Crippen molar-refractivity contribution in [2.75, 3.05) is 12.3 Å². The van der Waals surface area contributed by atoms with Gasteiger partial charge in [0.1, 0.15) is 0 Å². The summed E-state index contributed by atoms with van der Waals surface area (Å²) < 4.78 is 27.9. The van der Waals surface area contributed by atoms with Gasteiger partial charge in [0.05, 0.1) is 18.2 Å². The molecule has 0 spiro atoms. The molecule has 14 heavy (non-hydrogen) atoms. The minimum Gasteiger partial charge on any atom is -0.444 e. The second kappa shape index (κ2) is 3.01. The van der Waals surface area contributed by atoms with Crippen LogP contribution >= 0.6 is 0 Å². The molecular weight excluding hydrogens is 208 g/mol. The molecule has 6 nitrogen and oxygen atoms in total. The van der Waals surface area contributed by atoms with Gasteiger partial charge in [-0.15, -0.1) is 0 Å². The number of rotatable bonds is 2. The standard InChI is InChI=1S/C7H10N2O4S/c1-2-14(11,12)7-4-3-8-9-5(4)6(10)13-7/h4-5,7H,2-3H2,1H3/t4-,5+,7-/m1/s1. The highest BCUT2D eigenvalue weighted by atomic mass is 32.2. The summed E-state index contributed by atoms with van der Waals surface area (Å²) in [4.78, 5) is 11.2. The zero-order chi connectivity index (χ0) is 10.3. The normalized spacial score (nSPS) is 35.8. The van der Waals surface area contributed by atoms with E-state index in [1.165, 1.54) is 6.92 Å². The molecule has 0 saturated carbocycles. The van der Waals surface area contributed by atoms with E-state index in [1.54, 1.807) is 0 Å². The lowest BCUT2D eigenvalue weighted by molar-refractivity contribution is -0.140. The van der Waals surface area contributed by atoms with Crippen molar-refractivity contribution < 1.29 is 17.9 Å². The number of carbonyl (C=O) groups excluding carboxylic acids is 1. The van der Waals surface area contributed by atoms with Crippen LogP contribution in [-0.4, -0.2) is 38.2 Å². The van der Waals surface area contributed by atoms with Gasteiger partial charge in [-0.3, -0.25) is 0 Å². The zero-order valence-electron chi connectivity index (χ0n) is 7.58. The van der Waals surface area contributed by atoms with Gasteiger partial charge in [0.15, 0.2) is 15.9 Å². The van der Waals surface area contributed by atoms with Gasteiger partial charge in [-0.2, -0.15) is 10.2 Å². The smallest absolute Gasteiger partial charge is 0.334 e. The van der Waals surface area contributed by atoms with Crippen molar-refractivity contribution in [3.63, 3.8) is 0 Å². The number of azo groups is 1. The molecule has 2 heterocycles. The Labute approximate surface area is 81.3 Å². The van der Waals surface area contributed by atoms with Crippen molar-refractivity contribution in [3.8, 4) is 0 Å². The third kappa shape index (κ3) is 1.23. The summed E-state index contributed by atoms with van der Waals surface area (Å²) >= 11 is 0. The minimum atomic E-state index is -3.35. The fraction of sp³-hybridized carbons (Fsp3) is 0.857. The maximum Gasteiger partial charge on any atom is 0.334 e. The number of nitrogens with zero attached hydrogens (tertiary/aromatic N) is 2. The first-order chi connectivity index (χ1) is 6.56. The molecule has 3 atom stereocenters. The van der Waals surface area contributed by atoms with Crippen LogP contribution in [0.5, 0.6) is 0 Å². The van der Waals surface area contributed by atoms with E-state index in [4.69, 9.17) is 4.74 Å². The SMILES string of the molecule is CCS(=O)(=O)[C@H]1OC(=O)[C@H]2N=NC[C@H]21. The number of carbonyl (C=O) groups is 1. The molecule has 78 valence electrons. The molecule has 0 N–H and O–H groups in total. The number of sulfone groups is 1. The van der Waals surface area contributed by atoms with Gasteiger partial charge < -0.3 is 4.74 Å². The first-order valence-corrected chi connectivity index (χ1v) is 6.06. The minimum absolute atomic E-state index is 0.0336. The maximum absolute atomic E-state index is 11.5. The first kappa shape index (κ1) is 9.57. The molecule has 0 aromatic rings. The van der Waals surface area contributed by atoms with Crippen molar-refractivity contribution in [1.29, 1.82) is 0 Å². The van der Waals surface area contributed by atoms with Gasteiger partial charge >= 0.3 is 5.97 Å². The van der Waals surface area contributed by atoms with E-state index in [0.29, 0.717) is 0 Å². The third-order valence-corrected chi connectivity index (χ3v) is 4.44. The Morgan fingerprint density at radius 2 is 2.29 bits per heavy atom. The summed E-state index contributed by atoms with van der Waals surface area (Å²) in [6, 6.07) is -0.693. The van der Waals surface area contributed by atoms with Crippen LogP contribution in [0.1, 0.15) is 6.92 Å². The summed E-state index contributed by atoms with van der Waals surface area (Å²) in [5.41, 5.74) is -1.04. The molecule has 0 amide bonds. The van der Waals surface area contributed by atoms with E-state index in [1.807, 2.05) is 0 Å². The molecule has 2 aliphatic heterocycles. The summed E-state index contributed by atoms with van der Waals surface area (Å²) in [6.07, 6.45) is 0. The van der Waals surface area contributed by atoms with Gasteiger partial charge in [0.25, 0.3) is 0 Å². The lowest BCUT2D eigenvalue weighted by Gasteiger charge is -2.13. The van der Waals surface area contributed by atoms with Crippen LogP contribution in [0.2, 0.25) is 0 Å². The van der Waals surface area contributed by atoms with Crippen molar-refractivity contribution in [2.45, 2.75) is 18.4 Å². The Kier molecular flexibility index (Phi) is 2.06. The quantitative estimate of drug-likeness (QED) is 0.598. The highest BCUT2D eigenvalue weighted by Gasteiger charge is 2.52. The lowest BCUT2D eigenvalue weighted by Crippen LogP contribution is -2.31. The van der Waals surface area contributed by atoms with Crippen LogP contribution in [0.25, 0.3) is 0 Å². The van der Waals surface area contributed by atoms with Crippen molar-refractivity contribution in [2.24, 2.45) is 16.1 Å². The lowest BCUT2D eigenvalue weighted by atomic mass is 10.1. The summed E-state index contributed by atoms with van der Waals surface area (Å²) in [5, 5.41) is 7.34. The van der Waals surface area contributed by atoms with Gasteiger partial charge in [-0.1, -0.05) is 6.92 Å². The molecule has 0 bridgehead atoms. The van der Waals surface area contributed by atoms with E-state index in [9.17, 15) is 13.2 Å². The van der Waals surface area contributed by atoms with Crippen molar-refractivity contribution in [3.05, 3.63) is 0 Å². The predicted molar refractivity (Wildman–Crippen MR) is 46.3 cm³/mol. The van der Waals surface area contributed by atoms with Crippen LogP contribution in [0.3, 0.4) is 0 Å². The molecule has 0 aromatic carbocycles. The number of hydrogen-bond donors (Lipinski definition) is 0. The van der Waals surface area contributed by atoms with E-state index < -0.39 is 33.2 Å². The number of hydrogen-bond acceptors (Lipinski definition) is 6. The van der Waals surface area contributed by atoms with Gasteiger partial charge in [-0.05, 0) is 0 Å². The topological polar surface area (TPSA) is 85.2 Å². The number of cyclic esters (lactones) is 1. The molecular formula is C7H10N2O4S. The van der Waals surface area contributed by atoms with E-state index >= 15 is 0 Å². The second-order valence-corrected chi connectivity index (χ2v) is 5.67. The molecule has 0 radical (unpaired) electrons. The Morgan fingerprint density at radius 3 is 2.93 bits per heavy atom. The third-order valence-electron chi connectivity index (χ3n) is 2.48. The van der Waals surface area contributed by atoms with Crippen LogP contribution < -0.4 is 0 Å². The van der Waals surface area contributed by atoms with Crippen LogP contribution in [0.4, 0.5) is 0 Å². The Hall–Kier alpha value is -0.980. The van der Waals surface area contributed by atoms with Crippen molar-refractivity contribution in [1.82, 2.24) is 0 Å². The molecule has 0 unspecified atom stereocenters. The first-order valence-electron chi connectivity index (χ1n) is 4.35. The molecule has 0 aromatic heterocycles. The molecule has 7 heteroatoms. The molecule has 2 aliphatic rings. The van der Waals surface area contributed by atoms with Crippen LogP contribution in [-0.2, 0) is 19.4 Å². The number of fused-ring (bicyclic) bond motifs is 1. The van der Waals surface area contributed by atoms with Crippen molar-refractivity contribution >= 4 is 15.8 Å². The number of esters is 1. The molecule has 0 aliphatic carbocycles. The average Bonchev–Trinajstić information content (AvgIpc) is 2.70. The second-order valence-electron chi connectivity index (χ2n) is 3.30. The zero-order valence-corrected chi connectivity index (χ0v) is 8.40. The fourth-order valence-electron chi connectivity index (χ4n) is 1.65. The Balaban J connectivity index is 2.29. The maximum atomic E-state index is 11.5. The molecule has 2 rings (SSSR count). The van der Waals surface area contributed by atoms with E-state index in [0.717, 1.165) is 0 Å². The highest BCUT2D eigenvalue weighted by molar-refractivity contribution is 7.91. The van der Waals surface area contributed by atoms with Crippen LogP contribution in [0.15, 0.2) is 10.2 Å². The highest BCUT2D eigenvalue weighted by Crippen LogP contribution is 2.33. The summed E-state index contributed by atoms with van der Waals surface area (Å²) in [5.74, 6) is -1.01. The van der Waals surface area contributed by atoms with Crippen LogP contribution in [0, 0.1) is 5.92 Å². The summed E-state index contributed by atoms with van der Waals surface area (Å²) in [6.45, 7) is 1.79. The number of ether oxygens (including phenoxy) is 1. The Morgan fingerprint density at radius 1 is 1.57 bits per heavy atom.